The lowest BCUT2D eigenvalue weighted by atomic mass is 10.00. The number of carbonyl (C=O) groups is 2. The zero-order valence-electron chi connectivity index (χ0n) is 19.9. The lowest BCUT2D eigenvalue weighted by molar-refractivity contribution is -0.138. The molecule has 1 unspecified atom stereocenters. The van der Waals surface area contributed by atoms with Gasteiger partial charge in [-0.05, 0) is 54.2 Å². The minimum Gasteiger partial charge on any atom is -0.496 e. The molecule has 1 fully saturated rings. The van der Waals surface area contributed by atoms with Crippen LogP contribution in [0, 0.1) is 13.8 Å². The predicted octanol–water partition coefficient (Wildman–Crippen LogP) is 3.22. The zero-order valence-corrected chi connectivity index (χ0v) is 19.9. The monoisotopic (exact) mass is 437 g/mol. The fraction of sp³-hybridized carbons (Fsp3) is 0.462. The van der Waals surface area contributed by atoms with E-state index in [0.29, 0.717) is 19.6 Å². The molecule has 0 aliphatic carbocycles. The van der Waals surface area contributed by atoms with E-state index >= 15 is 0 Å². The van der Waals surface area contributed by atoms with Crippen LogP contribution in [0.5, 0.6) is 5.75 Å². The Morgan fingerprint density at radius 1 is 1.12 bits per heavy atom. The number of methoxy groups -OCH3 is 1. The van der Waals surface area contributed by atoms with Gasteiger partial charge in [0.2, 0.25) is 11.8 Å². The molecule has 1 N–H and O–H groups in total. The van der Waals surface area contributed by atoms with Crippen LogP contribution in [-0.2, 0) is 29.1 Å². The van der Waals surface area contributed by atoms with E-state index in [9.17, 15) is 9.59 Å². The van der Waals surface area contributed by atoms with Crippen molar-refractivity contribution in [1.82, 2.24) is 15.1 Å². The van der Waals surface area contributed by atoms with Gasteiger partial charge >= 0.3 is 0 Å². The second kappa shape index (κ2) is 10.6. The van der Waals surface area contributed by atoms with Gasteiger partial charge in [0.15, 0.2) is 0 Å². The summed E-state index contributed by atoms with van der Waals surface area (Å²) < 4.78 is 5.42. The largest absolute Gasteiger partial charge is 0.496 e. The summed E-state index contributed by atoms with van der Waals surface area (Å²) in [6.45, 7) is 8.73. The van der Waals surface area contributed by atoms with E-state index in [0.717, 1.165) is 41.0 Å². The second-order valence-electron chi connectivity index (χ2n) is 8.58. The summed E-state index contributed by atoms with van der Waals surface area (Å²) in [5, 5.41) is 2.93. The van der Waals surface area contributed by atoms with E-state index in [4.69, 9.17) is 4.74 Å². The van der Waals surface area contributed by atoms with Gasteiger partial charge in [0, 0.05) is 33.2 Å². The standard InChI is InChI=1S/C26H35N3O3/c1-6-20-7-9-21(10-8-20)16-28(4)25(30)15-23-26(31)27-13-14-29(23)17-22-11-12-24(32-5)19(3)18(22)2/h7-12,23H,6,13-17H2,1-5H3,(H,27,31). The van der Waals surface area contributed by atoms with E-state index in [-0.39, 0.29) is 18.2 Å². The van der Waals surface area contributed by atoms with Crippen LogP contribution in [0.2, 0.25) is 0 Å². The van der Waals surface area contributed by atoms with Crippen molar-refractivity contribution in [2.75, 3.05) is 27.2 Å². The Balaban J connectivity index is 1.69. The van der Waals surface area contributed by atoms with Crippen molar-refractivity contribution >= 4 is 11.8 Å². The molecule has 6 nitrogen and oxygen atoms in total. The summed E-state index contributed by atoms with van der Waals surface area (Å²) in [6, 6.07) is 11.9. The van der Waals surface area contributed by atoms with Gasteiger partial charge in [-0.25, -0.2) is 0 Å². The molecule has 1 saturated heterocycles. The summed E-state index contributed by atoms with van der Waals surface area (Å²) in [7, 11) is 3.48. The highest BCUT2D eigenvalue weighted by atomic mass is 16.5. The number of benzene rings is 2. The minimum absolute atomic E-state index is 0.0285. The molecule has 1 atom stereocenters. The number of amides is 2. The SMILES string of the molecule is CCc1ccc(CN(C)C(=O)CC2C(=O)NCCN2Cc2ccc(OC)c(C)c2C)cc1. The molecule has 2 aromatic carbocycles. The number of aryl methyl sites for hydroxylation is 1. The molecular weight excluding hydrogens is 402 g/mol. The minimum atomic E-state index is -0.469. The van der Waals surface area contributed by atoms with Crippen LogP contribution in [0.1, 0.15) is 41.2 Å². The Morgan fingerprint density at radius 3 is 2.47 bits per heavy atom. The molecule has 2 amide bonds. The van der Waals surface area contributed by atoms with Gasteiger partial charge < -0.3 is 15.0 Å². The lowest BCUT2D eigenvalue weighted by Crippen LogP contribution is -2.56. The Labute approximate surface area is 191 Å². The molecule has 0 bridgehead atoms. The van der Waals surface area contributed by atoms with Crippen LogP contribution >= 0.6 is 0 Å². The van der Waals surface area contributed by atoms with E-state index in [2.05, 4.69) is 54.4 Å². The van der Waals surface area contributed by atoms with E-state index in [1.807, 2.05) is 13.0 Å². The Kier molecular flexibility index (Phi) is 7.91. The van der Waals surface area contributed by atoms with Crippen LogP contribution in [0.4, 0.5) is 0 Å². The molecule has 0 aromatic heterocycles. The number of ether oxygens (including phenoxy) is 1. The van der Waals surface area contributed by atoms with Crippen LogP contribution in [0.15, 0.2) is 36.4 Å². The van der Waals surface area contributed by atoms with Gasteiger partial charge in [-0.3, -0.25) is 14.5 Å². The highest BCUT2D eigenvalue weighted by Gasteiger charge is 2.32. The topological polar surface area (TPSA) is 61.9 Å². The van der Waals surface area contributed by atoms with Crippen molar-refractivity contribution in [3.05, 3.63) is 64.2 Å². The number of hydrogen-bond acceptors (Lipinski definition) is 4. The molecule has 172 valence electrons. The van der Waals surface area contributed by atoms with Crippen molar-refractivity contribution in [1.29, 1.82) is 0 Å². The highest BCUT2D eigenvalue weighted by Crippen LogP contribution is 2.26. The van der Waals surface area contributed by atoms with E-state index in [1.54, 1.807) is 19.1 Å². The van der Waals surface area contributed by atoms with Crippen LogP contribution in [0.3, 0.4) is 0 Å². The van der Waals surface area contributed by atoms with E-state index < -0.39 is 6.04 Å². The van der Waals surface area contributed by atoms with Crippen LogP contribution in [-0.4, -0.2) is 54.9 Å². The molecule has 1 aliphatic heterocycles. The number of carbonyl (C=O) groups excluding carboxylic acids is 2. The van der Waals surface area contributed by atoms with Gasteiger partial charge in [0.1, 0.15) is 5.75 Å². The zero-order chi connectivity index (χ0) is 23.3. The summed E-state index contributed by atoms with van der Waals surface area (Å²) in [5.41, 5.74) is 5.79. The normalized spacial score (nSPS) is 16.5. The van der Waals surface area contributed by atoms with Gasteiger partial charge in [0.25, 0.3) is 0 Å². The molecule has 0 saturated carbocycles. The molecule has 3 rings (SSSR count). The first-order valence-electron chi connectivity index (χ1n) is 11.3. The summed E-state index contributed by atoms with van der Waals surface area (Å²) >= 11 is 0. The third kappa shape index (κ3) is 5.49. The molecule has 1 aliphatic rings. The number of hydrogen-bond donors (Lipinski definition) is 1. The van der Waals surface area contributed by atoms with Crippen molar-refractivity contribution in [2.45, 2.75) is 52.7 Å². The number of nitrogens with one attached hydrogen (secondary N) is 1. The first-order valence-corrected chi connectivity index (χ1v) is 11.3. The maximum absolute atomic E-state index is 13.0. The lowest BCUT2D eigenvalue weighted by Gasteiger charge is -2.36. The average Bonchev–Trinajstić information content (AvgIpc) is 2.79. The van der Waals surface area contributed by atoms with Crippen LogP contribution < -0.4 is 10.1 Å². The smallest absolute Gasteiger partial charge is 0.237 e. The molecule has 32 heavy (non-hydrogen) atoms. The molecular formula is C26H35N3O3. The van der Waals surface area contributed by atoms with Gasteiger partial charge in [-0.15, -0.1) is 0 Å². The Hall–Kier alpha value is -2.86. The van der Waals surface area contributed by atoms with Crippen molar-refractivity contribution in [3.63, 3.8) is 0 Å². The number of piperazine rings is 1. The number of rotatable bonds is 8. The van der Waals surface area contributed by atoms with Gasteiger partial charge in [0.05, 0.1) is 19.6 Å². The average molecular weight is 438 g/mol. The maximum atomic E-state index is 13.0. The quantitative estimate of drug-likeness (QED) is 0.689. The third-order valence-corrected chi connectivity index (χ3v) is 6.53. The highest BCUT2D eigenvalue weighted by molar-refractivity contribution is 5.88. The van der Waals surface area contributed by atoms with Crippen molar-refractivity contribution < 1.29 is 14.3 Å². The molecule has 6 heteroatoms. The van der Waals surface area contributed by atoms with Gasteiger partial charge in [-0.2, -0.15) is 0 Å². The van der Waals surface area contributed by atoms with Crippen LogP contribution in [0.25, 0.3) is 0 Å². The first-order chi connectivity index (χ1) is 15.3. The fourth-order valence-electron chi connectivity index (χ4n) is 4.20. The predicted molar refractivity (Wildman–Crippen MR) is 127 cm³/mol. The maximum Gasteiger partial charge on any atom is 0.237 e. The first kappa shape index (κ1) is 23.8. The molecule has 1 heterocycles. The van der Waals surface area contributed by atoms with Crippen molar-refractivity contribution in [3.8, 4) is 5.75 Å². The second-order valence-corrected chi connectivity index (χ2v) is 8.58. The van der Waals surface area contributed by atoms with Crippen molar-refractivity contribution in [2.24, 2.45) is 0 Å². The van der Waals surface area contributed by atoms with E-state index in [1.165, 1.54) is 5.56 Å². The Bertz CT molecular complexity index is 956. The molecule has 2 aromatic rings. The summed E-state index contributed by atoms with van der Waals surface area (Å²) in [4.78, 5) is 29.5. The third-order valence-electron chi connectivity index (χ3n) is 6.53. The molecule has 0 spiro atoms. The Morgan fingerprint density at radius 2 is 1.81 bits per heavy atom. The number of nitrogens with zero attached hydrogens (tertiary/aromatic N) is 2. The molecule has 0 radical (unpaired) electrons. The summed E-state index contributed by atoms with van der Waals surface area (Å²) in [5.74, 6) is 0.760. The summed E-state index contributed by atoms with van der Waals surface area (Å²) in [6.07, 6.45) is 1.17. The van der Waals surface area contributed by atoms with Gasteiger partial charge in [-0.1, -0.05) is 37.3 Å². The fourth-order valence-corrected chi connectivity index (χ4v) is 4.20.